The minimum absolute atomic E-state index is 0.0481. The number of carboxylic acid groups (broad SMARTS) is 1. The van der Waals surface area contributed by atoms with Crippen molar-refractivity contribution < 1.29 is 24.2 Å². The van der Waals surface area contributed by atoms with Crippen molar-refractivity contribution in [3.05, 3.63) is 29.3 Å². The molecular formula is C14H13NO5. The van der Waals surface area contributed by atoms with Crippen LogP contribution in [0.4, 0.5) is 5.69 Å². The molecule has 2 aliphatic rings. The quantitative estimate of drug-likeness (QED) is 0.817. The molecule has 1 aromatic carbocycles. The van der Waals surface area contributed by atoms with Gasteiger partial charge in [-0.1, -0.05) is 12.1 Å². The van der Waals surface area contributed by atoms with E-state index in [4.69, 9.17) is 4.74 Å². The Morgan fingerprint density at radius 3 is 2.40 bits per heavy atom. The first-order chi connectivity index (χ1) is 9.50. The molecule has 2 unspecified atom stereocenters. The monoisotopic (exact) mass is 275 g/mol. The fourth-order valence-corrected chi connectivity index (χ4v) is 2.75. The second kappa shape index (κ2) is 4.42. The molecule has 6 heteroatoms. The number of morpholine rings is 1. The topological polar surface area (TPSA) is 83.9 Å². The molecule has 1 N–H and O–H groups in total. The van der Waals surface area contributed by atoms with E-state index in [1.165, 1.54) is 6.07 Å². The first-order valence-corrected chi connectivity index (χ1v) is 6.37. The number of benzene rings is 1. The largest absolute Gasteiger partial charge is 0.478 e. The number of carboxylic acids is 1. The summed E-state index contributed by atoms with van der Waals surface area (Å²) < 4.78 is 5.33. The van der Waals surface area contributed by atoms with E-state index < -0.39 is 30.0 Å². The Morgan fingerprint density at radius 2 is 1.85 bits per heavy atom. The standard InChI is InChI=1S/C14H13NO5/c1-7-3-2-4-8(14(18)19)11(7)15-12(16)9-5-6-10(20-9)13(15)17/h2-4,9-10H,5-6H2,1H3,(H,18,19). The predicted octanol–water partition coefficient (Wildman–Crippen LogP) is 1.11. The summed E-state index contributed by atoms with van der Waals surface area (Å²) in [6.45, 7) is 1.68. The highest BCUT2D eigenvalue weighted by Crippen LogP contribution is 2.35. The van der Waals surface area contributed by atoms with Crippen LogP contribution in [-0.4, -0.2) is 35.1 Å². The van der Waals surface area contributed by atoms with Crippen LogP contribution in [0, 0.1) is 6.92 Å². The van der Waals surface area contributed by atoms with Crippen molar-refractivity contribution in [3.63, 3.8) is 0 Å². The lowest BCUT2D eigenvalue weighted by Crippen LogP contribution is -2.52. The van der Waals surface area contributed by atoms with Crippen molar-refractivity contribution in [3.8, 4) is 0 Å². The van der Waals surface area contributed by atoms with Gasteiger partial charge in [0.1, 0.15) is 12.2 Å². The molecule has 2 bridgehead atoms. The second-order valence-electron chi connectivity index (χ2n) is 4.98. The third-order valence-corrected chi connectivity index (χ3v) is 3.70. The average molecular weight is 275 g/mol. The number of ether oxygens (including phenoxy) is 1. The molecule has 2 amide bonds. The van der Waals surface area contributed by atoms with E-state index in [0.29, 0.717) is 18.4 Å². The van der Waals surface area contributed by atoms with Crippen LogP contribution in [-0.2, 0) is 14.3 Å². The van der Waals surface area contributed by atoms with Gasteiger partial charge in [0.25, 0.3) is 11.8 Å². The Morgan fingerprint density at radius 1 is 1.25 bits per heavy atom. The SMILES string of the molecule is Cc1cccc(C(=O)O)c1N1C(=O)C2CCC(O2)C1=O. The number of aromatic carboxylic acids is 1. The lowest BCUT2D eigenvalue weighted by atomic mass is 10.1. The van der Waals surface area contributed by atoms with Crippen molar-refractivity contribution in [1.29, 1.82) is 0 Å². The summed E-state index contributed by atoms with van der Waals surface area (Å²) in [7, 11) is 0. The third kappa shape index (κ3) is 1.72. The van der Waals surface area contributed by atoms with E-state index in [1.807, 2.05) is 0 Å². The number of carbonyl (C=O) groups is 3. The molecule has 2 fully saturated rings. The molecule has 3 rings (SSSR count). The van der Waals surface area contributed by atoms with Gasteiger partial charge in [-0.25, -0.2) is 9.69 Å². The molecule has 0 saturated carbocycles. The Balaban J connectivity index is 2.15. The normalized spacial score (nSPS) is 25.1. The number of aryl methyl sites for hydroxylation is 1. The van der Waals surface area contributed by atoms with Crippen molar-refractivity contribution >= 4 is 23.5 Å². The van der Waals surface area contributed by atoms with Gasteiger partial charge >= 0.3 is 5.97 Å². The smallest absolute Gasteiger partial charge is 0.337 e. The highest BCUT2D eigenvalue weighted by atomic mass is 16.5. The van der Waals surface area contributed by atoms with E-state index in [0.717, 1.165) is 4.90 Å². The van der Waals surface area contributed by atoms with Crippen LogP contribution in [0.15, 0.2) is 18.2 Å². The van der Waals surface area contributed by atoms with Gasteiger partial charge in [0, 0.05) is 0 Å². The summed E-state index contributed by atoms with van der Waals surface area (Å²) in [6, 6.07) is 4.66. The van der Waals surface area contributed by atoms with Gasteiger partial charge in [0.2, 0.25) is 0 Å². The molecule has 2 saturated heterocycles. The van der Waals surface area contributed by atoms with Crippen molar-refractivity contribution in [1.82, 2.24) is 0 Å². The molecule has 2 aliphatic heterocycles. The number of para-hydroxylation sites is 1. The lowest BCUT2D eigenvalue weighted by molar-refractivity contribution is -0.146. The maximum atomic E-state index is 12.3. The number of imide groups is 1. The van der Waals surface area contributed by atoms with Crippen LogP contribution in [0.25, 0.3) is 0 Å². The highest BCUT2D eigenvalue weighted by molar-refractivity contribution is 6.22. The van der Waals surface area contributed by atoms with Gasteiger partial charge < -0.3 is 9.84 Å². The van der Waals surface area contributed by atoms with Crippen molar-refractivity contribution in [2.24, 2.45) is 0 Å². The molecule has 1 aromatic rings. The molecular weight excluding hydrogens is 262 g/mol. The number of rotatable bonds is 2. The van der Waals surface area contributed by atoms with Gasteiger partial charge in [-0.3, -0.25) is 9.59 Å². The lowest BCUT2D eigenvalue weighted by Gasteiger charge is -2.31. The average Bonchev–Trinajstić information content (AvgIpc) is 2.85. The fraction of sp³-hybridized carbons (Fsp3) is 0.357. The maximum Gasteiger partial charge on any atom is 0.337 e. The summed E-state index contributed by atoms with van der Waals surface area (Å²) >= 11 is 0. The number of fused-ring (bicyclic) bond motifs is 2. The summed E-state index contributed by atoms with van der Waals surface area (Å²) in [5.74, 6) is -2.11. The van der Waals surface area contributed by atoms with Crippen molar-refractivity contribution in [2.75, 3.05) is 4.90 Å². The number of hydrogen-bond acceptors (Lipinski definition) is 4. The minimum atomic E-state index is -1.16. The summed E-state index contributed by atoms with van der Waals surface area (Å²) in [5.41, 5.74) is 0.691. The maximum absolute atomic E-state index is 12.3. The van der Waals surface area contributed by atoms with E-state index in [9.17, 15) is 19.5 Å². The summed E-state index contributed by atoms with van der Waals surface area (Å²) in [5, 5.41) is 9.26. The number of nitrogens with zero attached hydrogens (tertiary/aromatic N) is 1. The van der Waals surface area contributed by atoms with E-state index in [2.05, 4.69) is 0 Å². The van der Waals surface area contributed by atoms with Crippen molar-refractivity contribution in [2.45, 2.75) is 32.0 Å². The molecule has 0 aromatic heterocycles. The van der Waals surface area contributed by atoms with E-state index >= 15 is 0 Å². The molecule has 20 heavy (non-hydrogen) atoms. The zero-order valence-electron chi connectivity index (χ0n) is 10.8. The van der Waals surface area contributed by atoms with Crippen LogP contribution >= 0.6 is 0 Å². The molecule has 6 nitrogen and oxygen atoms in total. The van der Waals surface area contributed by atoms with Gasteiger partial charge in [0.15, 0.2) is 0 Å². The molecule has 0 radical (unpaired) electrons. The van der Waals surface area contributed by atoms with Crippen LogP contribution in [0.1, 0.15) is 28.8 Å². The number of carbonyl (C=O) groups excluding carboxylic acids is 2. The second-order valence-corrected chi connectivity index (χ2v) is 4.98. The van der Waals surface area contributed by atoms with E-state index in [-0.39, 0.29) is 11.3 Å². The molecule has 2 atom stereocenters. The highest BCUT2D eigenvalue weighted by Gasteiger charge is 2.48. The zero-order chi connectivity index (χ0) is 14.4. The fourth-order valence-electron chi connectivity index (χ4n) is 2.75. The molecule has 104 valence electrons. The molecule has 0 spiro atoms. The van der Waals surface area contributed by atoms with Crippen LogP contribution in [0.5, 0.6) is 0 Å². The Hall–Kier alpha value is -2.21. The number of anilines is 1. The van der Waals surface area contributed by atoms with Gasteiger partial charge in [0.05, 0.1) is 11.3 Å². The number of hydrogen-bond donors (Lipinski definition) is 1. The Bertz CT molecular complexity index is 602. The Labute approximate surface area is 114 Å². The molecule has 2 heterocycles. The zero-order valence-corrected chi connectivity index (χ0v) is 10.8. The van der Waals surface area contributed by atoms with Crippen LogP contribution < -0.4 is 4.90 Å². The Kier molecular flexibility index (Phi) is 2.83. The molecule has 0 aliphatic carbocycles. The van der Waals surface area contributed by atoms with Gasteiger partial charge in [-0.05, 0) is 31.4 Å². The number of amides is 2. The third-order valence-electron chi connectivity index (χ3n) is 3.70. The first kappa shape index (κ1) is 12.8. The van der Waals surface area contributed by atoms with Crippen LogP contribution in [0.2, 0.25) is 0 Å². The first-order valence-electron chi connectivity index (χ1n) is 6.37. The predicted molar refractivity (Wildman–Crippen MR) is 68.5 cm³/mol. The van der Waals surface area contributed by atoms with Gasteiger partial charge in [-0.15, -0.1) is 0 Å². The van der Waals surface area contributed by atoms with Gasteiger partial charge in [-0.2, -0.15) is 0 Å². The van der Waals surface area contributed by atoms with E-state index in [1.54, 1.807) is 19.1 Å². The summed E-state index contributed by atoms with van der Waals surface area (Å²) in [6.07, 6.45) is -0.280. The summed E-state index contributed by atoms with van der Waals surface area (Å²) in [4.78, 5) is 36.9. The van der Waals surface area contributed by atoms with Crippen LogP contribution in [0.3, 0.4) is 0 Å². The minimum Gasteiger partial charge on any atom is -0.478 e.